The Kier molecular flexibility index (Phi) is 4.81. The lowest BCUT2D eigenvalue weighted by molar-refractivity contribution is 0.0571. The zero-order valence-electron chi connectivity index (χ0n) is 17.9. The van der Waals surface area contributed by atoms with Crippen molar-refractivity contribution in [1.29, 1.82) is 5.26 Å². The molecule has 4 heterocycles. The first-order chi connectivity index (χ1) is 15.4. The third-order valence-electron chi connectivity index (χ3n) is 6.42. The first kappa shape index (κ1) is 20.4. The van der Waals surface area contributed by atoms with Gasteiger partial charge in [0.25, 0.3) is 5.91 Å². The minimum atomic E-state index is -0.614. The Bertz CT molecular complexity index is 1250. The van der Waals surface area contributed by atoms with E-state index in [0.29, 0.717) is 53.3 Å². The molecule has 1 aliphatic carbocycles. The van der Waals surface area contributed by atoms with Gasteiger partial charge in [-0.1, -0.05) is 6.07 Å². The zero-order valence-corrected chi connectivity index (χ0v) is 17.9. The molecule has 5 rings (SSSR count). The fourth-order valence-corrected chi connectivity index (χ4v) is 4.35. The van der Waals surface area contributed by atoms with Crippen LogP contribution in [-0.4, -0.2) is 37.8 Å². The van der Waals surface area contributed by atoms with Crippen molar-refractivity contribution >= 4 is 22.8 Å². The van der Waals surface area contributed by atoms with Gasteiger partial charge < -0.3 is 14.6 Å². The number of anilines is 1. The van der Waals surface area contributed by atoms with Gasteiger partial charge in [-0.2, -0.15) is 9.65 Å². The van der Waals surface area contributed by atoms with E-state index in [2.05, 4.69) is 33.3 Å². The van der Waals surface area contributed by atoms with Crippen LogP contribution in [0.15, 0.2) is 28.9 Å². The van der Waals surface area contributed by atoms with E-state index in [1.807, 2.05) is 0 Å². The topological polar surface area (TPSA) is 108 Å². The number of hydrogen-bond acceptors (Lipinski definition) is 7. The van der Waals surface area contributed by atoms with Crippen molar-refractivity contribution in [1.82, 2.24) is 19.9 Å². The molecule has 3 aromatic rings. The molecule has 9 heteroatoms. The molecule has 3 aromatic heterocycles. The SMILES string of the molecule is Cc1oc2ncnc(NC3(C)CC3)c2c1C(=O)N1CCC(C#N)CC1c1cccc(F)n1. The van der Waals surface area contributed by atoms with Crippen LogP contribution in [0, 0.1) is 30.1 Å². The van der Waals surface area contributed by atoms with Crippen LogP contribution in [0.5, 0.6) is 0 Å². The number of aromatic nitrogens is 3. The molecule has 8 nitrogen and oxygen atoms in total. The minimum Gasteiger partial charge on any atom is -0.442 e. The molecule has 2 aliphatic rings. The van der Waals surface area contributed by atoms with Crippen molar-refractivity contribution in [3.05, 3.63) is 47.5 Å². The predicted octanol–water partition coefficient (Wildman–Crippen LogP) is 4.15. The summed E-state index contributed by atoms with van der Waals surface area (Å²) in [5.41, 5.74) is 1.12. The second-order valence-corrected chi connectivity index (χ2v) is 8.87. The fourth-order valence-electron chi connectivity index (χ4n) is 4.35. The first-order valence-electron chi connectivity index (χ1n) is 10.7. The first-order valence-corrected chi connectivity index (χ1v) is 10.7. The second-order valence-electron chi connectivity index (χ2n) is 8.87. The van der Waals surface area contributed by atoms with Crippen molar-refractivity contribution in [2.24, 2.45) is 5.92 Å². The molecule has 1 saturated heterocycles. The van der Waals surface area contributed by atoms with E-state index in [-0.39, 0.29) is 17.4 Å². The normalized spacial score (nSPS) is 21.9. The van der Waals surface area contributed by atoms with E-state index >= 15 is 0 Å². The number of hydrogen-bond donors (Lipinski definition) is 1. The minimum absolute atomic E-state index is 0.0497. The van der Waals surface area contributed by atoms with E-state index in [0.717, 1.165) is 12.8 Å². The number of nitrogens with zero attached hydrogens (tertiary/aromatic N) is 5. The predicted molar refractivity (Wildman–Crippen MR) is 114 cm³/mol. The van der Waals surface area contributed by atoms with Crippen LogP contribution < -0.4 is 5.32 Å². The molecule has 32 heavy (non-hydrogen) atoms. The Morgan fingerprint density at radius 2 is 2.19 bits per heavy atom. The van der Waals surface area contributed by atoms with E-state index in [9.17, 15) is 14.4 Å². The Morgan fingerprint density at radius 1 is 1.38 bits per heavy atom. The van der Waals surface area contributed by atoms with Gasteiger partial charge in [-0.25, -0.2) is 15.0 Å². The van der Waals surface area contributed by atoms with Crippen LogP contribution in [0.3, 0.4) is 0 Å². The van der Waals surface area contributed by atoms with E-state index < -0.39 is 12.0 Å². The van der Waals surface area contributed by atoms with Gasteiger partial charge in [-0.05, 0) is 51.7 Å². The average molecular weight is 434 g/mol. The largest absolute Gasteiger partial charge is 0.442 e. The van der Waals surface area contributed by atoms with Crippen molar-refractivity contribution < 1.29 is 13.6 Å². The molecule has 1 amide bonds. The monoisotopic (exact) mass is 434 g/mol. The second kappa shape index (κ2) is 7.55. The Labute approximate surface area is 184 Å². The number of pyridine rings is 1. The van der Waals surface area contributed by atoms with E-state index in [4.69, 9.17) is 4.42 Å². The van der Waals surface area contributed by atoms with Gasteiger partial charge in [0.2, 0.25) is 11.7 Å². The maximum atomic E-state index is 13.9. The number of carbonyl (C=O) groups is 1. The van der Waals surface area contributed by atoms with Crippen LogP contribution in [-0.2, 0) is 0 Å². The molecule has 0 radical (unpaired) electrons. The number of piperidine rings is 1. The maximum Gasteiger partial charge on any atom is 0.258 e. The molecule has 0 aromatic carbocycles. The van der Waals surface area contributed by atoms with Gasteiger partial charge in [0.15, 0.2) is 0 Å². The summed E-state index contributed by atoms with van der Waals surface area (Å²) in [7, 11) is 0. The highest BCUT2D eigenvalue weighted by Crippen LogP contribution is 2.41. The summed E-state index contributed by atoms with van der Waals surface area (Å²) < 4.78 is 19.7. The van der Waals surface area contributed by atoms with Gasteiger partial charge in [-0.3, -0.25) is 4.79 Å². The van der Waals surface area contributed by atoms with Gasteiger partial charge in [0.05, 0.1) is 34.7 Å². The quantitative estimate of drug-likeness (QED) is 0.615. The van der Waals surface area contributed by atoms with Gasteiger partial charge >= 0.3 is 0 Å². The lowest BCUT2D eigenvalue weighted by Crippen LogP contribution is -2.41. The molecule has 0 spiro atoms. The summed E-state index contributed by atoms with van der Waals surface area (Å²) in [6.45, 7) is 4.20. The molecule has 1 aliphatic heterocycles. The van der Waals surface area contributed by atoms with E-state index in [1.165, 1.54) is 12.4 Å². The zero-order chi connectivity index (χ0) is 22.5. The number of rotatable bonds is 4. The van der Waals surface area contributed by atoms with Crippen LogP contribution in [0.25, 0.3) is 11.1 Å². The molecule has 1 saturated carbocycles. The number of nitrogens with one attached hydrogen (secondary N) is 1. The summed E-state index contributed by atoms with van der Waals surface area (Å²) in [6.07, 6.45) is 4.41. The summed E-state index contributed by atoms with van der Waals surface area (Å²) in [6, 6.07) is 6.30. The molecule has 0 bridgehead atoms. The van der Waals surface area contributed by atoms with Crippen LogP contribution in [0.1, 0.15) is 60.5 Å². The van der Waals surface area contributed by atoms with Crippen molar-refractivity contribution in [2.75, 3.05) is 11.9 Å². The summed E-state index contributed by atoms with van der Waals surface area (Å²) in [5, 5.41) is 13.4. The maximum absolute atomic E-state index is 13.9. The number of halogens is 1. The lowest BCUT2D eigenvalue weighted by Gasteiger charge is -2.37. The number of likely N-dealkylation sites (tertiary alicyclic amines) is 1. The lowest BCUT2D eigenvalue weighted by atomic mass is 9.89. The number of nitriles is 1. The van der Waals surface area contributed by atoms with E-state index in [1.54, 1.807) is 24.0 Å². The third-order valence-corrected chi connectivity index (χ3v) is 6.42. The van der Waals surface area contributed by atoms with Gasteiger partial charge in [-0.15, -0.1) is 0 Å². The highest BCUT2D eigenvalue weighted by atomic mass is 19.1. The number of carbonyl (C=O) groups excluding carboxylic acids is 1. The molecule has 1 N–H and O–H groups in total. The van der Waals surface area contributed by atoms with Gasteiger partial charge in [0, 0.05) is 12.1 Å². The van der Waals surface area contributed by atoms with Crippen molar-refractivity contribution in [3.8, 4) is 6.07 Å². The van der Waals surface area contributed by atoms with Crippen LogP contribution in [0.4, 0.5) is 10.2 Å². The number of furan rings is 1. The standard InChI is InChI=1S/C23H23FN6O2/c1-13-18(19-20(29-23(2)7-8-23)26-12-27-21(19)32-13)22(31)30-9-6-14(11-25)10-16(30)15-4-3-5-17(24)28-15/h3-5,12,14,16H,6-10H2,1-2H3,(H,26,27,29). The molecule has 164 valence electrons. The Morgan fingerprint density at radius 3 is 2.91 bits per heavy atom. The molecule has 2 fully saturated rings. The highest BCUT2D eigenvalue weighted by Gasteiger charge is 2.40. The Hall–Kier alpha value is -3.54. The molecule has 2 atom stereocenters. The fraction of sp³-hybridized carbons (Fsp3) is 0.435. The summed E-state index contributed by atoms with van der Waals surface area (Å²) >= 11 is 0. The van der Waals surface area contributed by atoms with Crippen LogP contribution in [0.2, 0.25) is 0 Å². The van der Waals surface area contributed by atoms with Crippen LogP contribution >= 0.6 is 0 Å². The summed E-state index contributed by atoms with van der Waals surface area (Å²) in [5.74, 6) is -0.0823. The Balaban J connectivity index is 1.58. The number of aryl methyl sites for hydroxylation is 1. The van der Waals surface area contributed by atoms with Crippen molar-refractivity contribution in [2.45, 2.75) is 51.1 Å². The molecular formula is C23H23FN6O2. The molecular weight excluding hydrogens is 411 g/mol. The summed E-state index contributed by atoms with van der Waals surface area (Å²) in [4.78, 5) is 28.2. The molecule has 2 unspecified atom stereocenters. The number of amides is 1. The highest BCUT2D eigenvalue weighted by molar-refractivity contribution is 6.10. The third kappa shape index (κ3) is 3.55. The number of fused-ring (bicyclic) bond motifs is 1. The van der Waals surface area contributed by atoms with Gasteiger partial charge in [0.1, 0.15) is 17.9 Å². The van der Waals surface area contributed by atoms with Crippen molar-refractivity contribution in [3.63, 3.8) is 0 Å². The average Bonchev–Trinajstić information content (AvgIpc) is 3.40. The smallest absolute Gasteiger partial charge is 0.258 e.